The molecule has 0 bridgehead atoms. The lowest BCUT2D eigenvalue weighted by Crippen LogP contribution is -2.42. The number of rotatable bonds is 4. The zero-order valence-corrected chi connectivity index (χ0v) is 13.9. The number of nitrogens with one attached hydrogen (secondary N) is 1. The van der Waals surface area contributed by atoms with Crippen molar-refractivity contribution in [2.24, 2.45) is 0 Å². The summed E-state index contributed by atoms with van der Waals surface area (Å²) in [7, 11) is 0. The number of nitrogens with zero attached hydrogens (tertiary/aromatic N) is 1. The van der Waals surface area contributed by atoms with Gasteiger partial charge in [-0.1, -0.05) is 30.3 Å². The lowest BCUT2D eigenvalue weighted by molar-refractivity contribution is -0.123. The fourth-order valence-electron chi connectivity index (χ4n) is 3.07. The summed E-state index contributed by atoms with van der Waals surface area (Å²) in [5.74, 6) is 0.0990. The maximum Gasteiger partial charge on any atom is 0.234 e. The number of hydrogen-bond donors (Lipinski definition) is 1. The van der Waals surface area contributed by atoms with E-state index in [0.717, 1.165) is 18.5 Å². The minimum atomic E-state index is 0.0468. The Morgan fingerprint density at radius 2 is 2.14 bits per heavy atom. The van der Waals surface area contributed by atoms with Crippen LogP contribution in [-0.2, 0) is 11.2 Å². The Balaban J connectivity index is 1.59. The summed E-state index contributed by atoms with van der Waals surface area (Å²) in [6.45, 7) is 5.65. The van der Waals surface area contributed by atoms with E-state index in [1.54, 1.807) is 0 Å². The van der Waals surface area contributed by atoms with Crippen molar-refractivity contribution in [1.29, 1.82) is 0 Å². The Kier molecular flexibility index (Phi) is 4.60. The van der Waals surface area contributed by atoms with Gasteiger partial charge < -0.3 is 5.32 Å². The van der Waals surface area contributed by atoms with Gasteiger partial charge in [0.2, 0.25) is 5.91 Å². The number of hydrogen-bond acceptors (Lipinski definition) is 3. The van der Waals surface area contributed by atoms with Gasteiger partial charge in [0.05, 0.1) is 12.6 Å². The highest BCUT2D eigenvalue weighted by atomic mass is 32.1. The first-order valence-electron chi connectivity index (χ1n) is 7.80. The molecule has 1 aromatic carbocycles. The highest BCUT2D eigenvalue weighted by Gasteiger charge is 2.26. The van der Waals surface area contributed by atoms with Gasteiger partial charge in [0, 0.05) is 17.5 Å². The van der Waals surface area contributed by atoms with Crippen LogP contribution < -0.4 is 5.32 Å². The molecule has 0 saturated heterocycles. The summed E-state index contributed by atoms with van der Waals surface area (Å²) in [6.07, 6.45) is 1.05. The molecule has 1 amide bonds. The average molecular weight is 314 g/mol. The molecule has 0 aliphatic carbocycles. The minimum absolute atomic E-state index is 0.0468. The van der Waals surface area contributed by atoms with Gasteiger partial charge in [-0.05, 0) is 42.8 Å². The van der Waals surface area contributed by atoms with Crippen LogP contribution in [0.1, 0.15) is 41.9 Å². The first-order valence-corrected chi connectivity index (χ1v) is 8.67. The average Bonchev–Trinajstić information content (AvgIpc) is 3.00. The van der Waals surface area contributed by atoms with E-state index < -0.39 is 0 Å². The van der Waals surface area contributed by atoms with Crippen LogP contribution in [0.15, 0.2) is 41.8 Å². The van der Waals surface area contributed by atoms with Gasteiger partial charge in [-0.2, -0.15) is 0 Å². The van der Waals surface area contributed by atoms with Crippen molar-refractivity contribution in [3.63, 3.8) is 0 Å². The molecule has 0 unspecified atom stereocenters. The number of benzene rings is 1. The van der Waals surface area contributed by atoms with Gasteiger partial charge in [0.1, 0.15) is 0 Å². The monoisotopic (exact) mass is 314 g/mol. The molecule has 1 aliphatic heterocycles. The fourth-order valence-corrected chi connectivity index (χ4v) is 4.04. The summed E-state index contributed by atoms with van der Waals surface area (Å²) >= 11 is 1.83. The van der Waals surface area contributed by atoms with Crippen LogP contribution in [0.3, 0.4) is 0 Å². The van der Waals surface area contributed by atoms with E-state index in [4.69, 9.17) is 0 Å². The Labute approximate surface area is 136 Å². The van der Waals surface area contributed by atoms with E-state index in [9.17, 15) is 4.79 Å². The van der Waals surface area contributed by atoms with Crippen molar-refractivity contribution in [1.82, 2.24) is 10.2 Å². The quantitative estimate of drug-likeness (QED) is 0.936. The van der Waals surface area contributed by atoms with Crippen molar-refractivity contribution >= 4 is 17.2 Å². The Morgan fingerprint density at radius 1 is 1.36 bits per heavy atom. The first-order chi connectivity index (χ1) is 10.6. The molecular formula is C18H22N2OS. The van der Waals surface area contributed by atoms with Gasteiger partial charge in [0.25, 0.3) is 0 Å². The number of amides is 1. The van der Waals surface area contributed by atoms with E-state index in [-0.39, 0.29) is 11.9 Å². The third-order valence-corrected chi connectivity index (χ3v) is 5.42. The number of fused-ring (bicyclic) bond motifs is 1. The normalized spacial score (nSPS) is 19.5. The zero-order chi connectivity index (χ0) is 15.5. The molecule has 116 valence electrons. The summed E-state index contributed by atoms with van der Waals surface area (Å²) in [5, 5.41) is 5.26. The van der Waals surface area contributed by atoms with E-state index in [1.807, 2.05) is 48.6 Å². The lowest BCUT2D eigenvalue weighted by Gasteiger charge is -2.33. The molecule has 1 N–H and O–H groups in total. The standard InChI is InChI=1S/C18H22N2OS/c1-13(15-6-4-3-5-7-15)19-18(21)12-20-10-8-17-16(14(20)2)9-11-22-17/h3-7,9,11,13-14H,8,10,12H2,1-2H3,(H,19,21)/t13-,14-/m1/s1. The SMILES string of the molecule is C[C@@H]1c2ccsc2CCN1CC(=O)N[C@H](C)c1ccccc1. The van der Waals surface area contributed by atoms with Crippen LogP contribution >= 0.6 is 11.3 Å². The van der Waals surface area contributed by atoms with Crippen LogP contribution in [0.4, 0.5) is 0 Å². The maximum absolute atomic E-state index is 12.3. The molecule has 4 heteroatoms. The van der Waals surface area contributed by atoms with Crippen molar-refractivity contribution in [2.45, 2.75) is 32.4 Å². The second-order valence-corrected chi connectivity index (χ2v) is 6.90. The summed E-state index contributed by atoms with van der Waals surface area (Å²) in [5.41, 5.74) is 2.53. The second kappa shape index (κ2) is 6.63. The highest BCUT2D eigenvalue weighted by Crippen LogP contribution is 2.32. The van der Waals surface area contributed by atoms with Gasteiger partial charge in [-0.25, -0.2) is 0 Å². The summed E-state index contributed by atoms with van der Waals surface area (Å²) in [4.78, 5) is 16.1. The Bertz CT molecular complexity index is 638. The van der Waals surface area contributed by atoms with Gasteiger partial charge in [-0.15, -0.1) is 11.3 Å². The van der Waals surface area contributed by atoms with E-state index >= 15 is 0 Å². The largest absolute Gasteiger partial charge is 0.348 e. The highest BCUT2D eigenvalue weighted by molar-refractivity contribution is 7.10. The molecule has 3 nitrogen and oxygen atoms in total. The number of thiophene rings is 1. The molecular weight excluding hydrogens is 292 g/mol. The van der Waals surface area contributed by atoms with Crippen molar-refractivity contribution in [2.75, 3.05) is 13.1 Å². The van der Waals surface area contributed by atoms with Gasteiger partial charge >= 0.3 is 0 Å². The molecule has 0 spiro atoms. The van der Waals surface area contributed by atoms with Crippen LogP contribution in [0, 0.1) is 0 Å². The predicted molar refractivity (Wildman–Crippen MR) is 91.0 cm³/mol. The van der Waals surface area contributed by atoms with Crippen LogP contribution in [0.25, 0.3) is 0 Å². The first kappa shape index (κ1) is 15.3. The molecule has 2 heterocycles. The zero-order valence-electron chi connectivity index (χ0n) is 13.1. The second-order valence-electron chi connectivity index (χ2n) is 5.90. The van der Waals surface area contributed by atoms with Crippen LogP contribution in [0.2, 0.25) is 0 Å². The van der Waals surface area contributed by atoms with E-state index in [0.29, 0.717) is 12.6 Å². The van der Waals surface area contributed by atoms with E-state index in [1.165, 1.54) is 10.4 Å². The third kappa shape index (κ3) is 3.23. The number of carbonyl (C=O) groups excluding carboxylic acids is 1. The fraction of sp³-hybridized carbons (Fsp3) is 0.389. The van der Waals surface area contributed by atoms with Gasteiger partial charge in [0.15, 0.2) is 0 Å². The molecule has 0 radical (unpaired) electrons. The van der Waals surface area contributed by atoms with Crippen molar-refractivity contribution in [3.05, 3.63) is 57.8 Å². The van der Waals surface area contributed by atoms with E-state index in [2.05, 4.69) is 28.6 Å². The molecule has 2 atom stereocenters. The predicted octanol–water partition coefficient (Wildman–Crippen LogP) is 3.54. The molecule has 2 aromatic rings. The van der Waals surface area contributed by atoms with Crippen LogP contribution in [0.5, 0.6) is 0 Å². The smallest absolute Gasteiger partial charge is 0.234 e. The van der Waals surface area contributed by atoms with Crippen LogP contribution in [-0.4, -0.2) is 23.9 Å². The lowest BCUT2D eigenvalue weighted by atomic mass is 10.0. The third-order valence-electron chi connectivity index (χ3n) is 4.43. The molecule has 1 aliphatic rings. The summed E-state index contributed by atoms with van der Waals surface area (Å²) in [6, 6.07) is 12.7. The summed E-state index contributed by atoms with van der Waals surface area (Å²) < 4.78 is 0. The number of carbonyl (C=O) groups is 1. The molecule has 0 fully saturated rings. The Hall–Kier alpha value is -1.65. The van der Waals surface area contributed by atoms with Crippen molar-refractivity contribution < 1.29 is 4.79 Å². The molecule has 1 aromatic heterocycles. The molecule has 22 heavy (non-hydrogen) atoms. The minimum Gasteiger partial charge on any atom is -0.348 e. The van der Waals surface area contributed by atoms with Crippen molar-refractivity contribution in [3.8, 4) is 0 Å². The van der Waals surface area contributed by atoms with Gasteiger partial charge in [-0.3, -0.25) is 9.69 Å². The maximum atomic E-state index is 12.3. The molecule has 3 rings (SSSR count). The topological polar surface area (TPSA) is 32.3 Å². The molecule has 0 saturated carbocycles. The Morgan fingerprint density at radius 3 is 2.91 bits per heavy atom.